The van der Waals surface area contributed by atoms with E-state index in [0.717, 1.165) is 105 Å². The molecule has 9 heterocycles. The second kappa shape index (κ2) is 45.3. The lowest BCUT2D eigenvalue weighted by atomic mass is 9.92. The van der Waals surface area contributed by atoms with Crippen molar-refractivity contribution < 1.29 is 123 Å². The number of piperidine rings is 1. The number of aromatic nitrogens is 3. The fourth-order valence-corrected chi connectivity index (χ4v) is 19.6. The van der Waals surface area contributed by atoms with E-state index in [2.05, 4.69) is 32.4 Å². The highest BCUT2D eigenvalue weighted by molar-refractivity contribution is 6.24. The van der Waals surface area contributed by atoms with Crippen molar-refractivity contribution in [2.75, 3.05) is 32.8 Å². The predicted molar refractivity (Wildman–Crippen MR) is 518 cm³/mol. The van der Waals surface area contributed by atoms with Crippen LogP contribution in [0.4, 0.5) is 18.0 Å². The molecule has 34 nitrogen and oxygen atoms in total. The number of rotatable bonds is 23. The molecule has 147 heavy (non-hydrogen) atoms. The van der Waals surface area contributed by atoms with Gasteiger partial charge in [-0.25, -0.2) is 14.5 Å². The number of ether oxygens (including phenoxy) is 7. The Kier molecular flexibility index (Phi) is 31.6. The average molecular weight is 2010 g/mol. The minimum absolute atomic E-state index is 0.0490. The van der Waals surface area contributed by atoms with Gasteiger partial charge in [-0.2, -0.15) is 13.2 Å². The standard InChI is InChI=1S/C28H26F3N5O4.C28H30N2O6.C28H25NO5.C25H25N3O6.CH2O2/c29-28(30,31)27-32-25-15-34(10-11-36(25)33-27)13-17-4-6-18(7-5-17)16-40-24-3-1-2-20-21(24)14-35(26(20)39)22-9-8-19(37)12-23(22)38;1-28(2,3)36-27(34)29-13-18-8-7-17(11-19(18)14-29)16-35-25-6-4-5-21-22(25)15-30(26(21)33)23-10-9-20(31)12-24(23)32;30-21-13-14-25(26(31)15-21)29-16-24-23(28(29)32)7-4-8-27(24)34-18-20-11-9-19(10-12-20)17-33-22-5-2-1-3-6-22;29-21-9-8-19(23(30)26-21)28-24(31)18-2-1-3-20(22(18)25(28)32)34-15-17-6-4-16(5-7-17)14-27-10-12-33-13-11-27;2-1-3/h1-7,22H,8-16H2;4-8,11,23H,9-10,12-16H2,1-3H3;1-12,25H,13-18H2;1-7,19H,8-15H2,(H,26,29,30);1H,(H,2,3)/t22-;;;;/m0..../s1. The highest BCUT2D eigenvalue weighted by Crippen LogP contribution is 2.42. The number of para-hydroxylation sites is 1. The number of carbonyl (C=O) groups is 15. The van der Waals surface area contributed by atoms with Crippen LogP contribution in [0.3, 0.4) is 0 Å². The number of imide groups is 2. The first-order valence-electron chi connectivity index (χ1n) is 48.6. The smallest absolute Gasteiger partial charge is 0.453 e. The van der Waals surface area contributed by atoms with E-state index in [1.54, 1.807) is 80.3 Å². The first-order chi connectivity index (χ1) is 70.7. The summed E-state index contributed by atoms with van der Waals surface area (Å²) in [6.45, 7) is 14.8. The third-order valence-electron chi connectivity index (χ3n) is 27.1. The number of hydrogen-bond donors (Lipinski definition) is 2. The molecule has 4 atom stereocenters. The molecule has 21 rings (SSSR count). The Morgan fingerprint density at radius 1 is 0.435 bits per heavy atom. The lowest BCUT2D eigenvalue weighted by Gasteiger charge is -2.29. The van der Waals surface area contributed by atoms with E-state index in [9.17, 15) is 80.3 Å². The molecular weight excluding hydrogens is 1900 g/mol. The average Bonchev–Trinajstić information content (AvgIpc) is 1.60. The van der Waals surface area contributed by atoms with Crippen molar-refractivity contribution in [1.29, 1.82) is 0 Å². The van der Waals surface area contributed by atoms with Gasteiger partial charge < -0.3 is 53.0 Å². The Hall–Kier alpha value is -15.8. The van der Waals surface area contributed by atoms with Crippen LogP contribution in [0.15, 0.2) is 194 Å². The molecule has 3 aliphatic carbocycles. The van der Waals surface area contributed by atoms with Crippen molar-refractivity contribution in [2.24, 2.45) is 0 Å². The summed E-state index contributed by atoms with van der Waals surface area (Å²) in [7, 11) is 0. The molecule has 8 aliphatic heterocycles. The van der Waals surface area contributed by atoms with Crippen molar-refractivity contribution in [3.63, 3.8) is 0 Å². The van der Waals surface area contributed by atoms with Crippen LogP contribution >= 0.6 is 0 Å². The molecule has 8 amide bonds. The summed E-state index contributed by atoms with van der Waals surface area (Å²) in [6, 6.07) is 57.9. The maximum atomic E-state index is 13.1. The van der Waals surface area contributed by atoms with Gasteiger partial charge in [0.2, 0.25) is 11.8 Å². The van der Waals surface area contributed by atoms with Crippen molar-refractivity contribution in [1.82, 2.24) is 54.4 Å². The minimum atomic E-state index is -4.56. The number of nitrogens with one attached hydrogen (secondary N) is 1. The summed E-state index contributed by atoms with van der Waals surface area (Å²) in [4.78, 5) is 197. The number of alkyl halides is 3. The fourth-order valence-electron chi connectivity index (χ4n) is 19.6. The molecule has 0 spiro atoms. The lowest BCUT2D eigenvalue weighted by Crippen LogP contribution is -2.54. The Morgan fingerprint density at radius 2 is 0.850 bits per heavy atom. The number of morpholine rings is 1. The van der Waals surface area contributed by atoms with Crippen molar-refractivity contribution in [3.05, 3.63) is 300 Å². The molecule has 762 valence electrons. The molecule has 2 saturated heterocycles. The van der Waals surface area contributed by atoms with Crippen LogP contribution in [0.25, 0.3) is 0 Å². The Morgan fingerprint density at radius 3 is 1.31 bits per heavy atom. The maximum Gasteiger partial charge on any atom is 0.453 e. The van der Waals surface area contributed by atoms with Gasteiger partial charge in [-0.3, -0.25) is 92.0 Å². The minimum Gasteiger partial charge on any atom is -0.489 e. The first-order valence-corrected chi connectivity index (χ1v) is 48.6. The van der Waals surface area contributed by atoms with Gasteiger partial charge in [-0.15, -0.1) is 5.10 Å². The summed E-state index contributed by atoms with van der Waals surface area (Å²) in [6.07, 6.45) is -2.91. The molecule has 3 unspecified atom stereocenters. The number of Topliss-reactive ketones (excluding diaryl/α,β-unsaturated/α-hetero) is 6. The molecule has 5 fully saturated rings. The van der Waals surface area contributed by atoms with E-state index in [0.29, 0.717) is 150 Å². The number of carboxylic acid groups (broad SMARTS) is 1. The largest absolute Gasteiger partial charge is 0.489 e. The number of halogens is 3. The normalized spacial score (nSPS) is 19.1. The summed E-state index contributed by atoms with van der Waals surface area (Å²) < 4.78 is 81.0. The monoisotopic (exact) mass is 2010 g/mol. The molecule has 3 saturated carbocycles. The zero-order chi connectivity index (χ0) is 103. The summed E-state index contributed by atoms with van der Waals surface area (Å²) in [5.41, 5.74) is 13.0. The summed E-state index contributed by atoms with van der Waals surface area (Å²) in [5, 5.41) is 12.7. The number of fused-ring (bicyclic) bond motifs is 6. The van der Waals surface area contributed by atoms with E-state index >= 15 is 0 Å². The molecule has 0 radical (unpaired) electrons. The van der Waals surface area contributed by atoms with Gasteiger partial charge in [-0.05, 0) is 157 Å². The van der Waals surface area contributed by atoms with Crippen LogP contribution in [0.2, 0.25) is 0 Å². The van der Waals surface area contributed by atoms with Crippen LogP contribution in [-0.4, -0.2) is 205 Å². The van der Waals surface area contributed by atoms with Gasteiger partial charge in [0.15, 0.2) is 17.3 Å². The zero-order valence-electron chi connectivity index (χ0n) is 81.1. The van der Waals surface area contributed by atoms with Gasteiger partial charge in [0.05, 0.1) is 94.5 Å². The third kappa shape index (κ3) is 24.4. The number of amides is 8. The Bertz CT molecular complexity index is 6760. The van der Waals surface area contributed by atoms with Crippen LogP contribution in [0.5, 0.6) is 28.7 Å². The number of benzene rings is 9. The van der Waals surface area contributed by atoms with Gasteiger partial charge in [0.25, 0.3) is 41.8 Å². The lowest BCUT2D eigenvalue weighted by molar-refractivity contribution is -0.145. The van der Waals surface area contributed by atoms with E-state index < -0.39 is 65.4 Å². The van der Waals surface area contributed by atoms with Gasteiger partial charge in [-0.1, -0.05) is 133 Å². The van der Waals surface area contributed by atoms with Crippen LogP contribution in [-0.2, 0) is 151 Å². The van der Waals surface area contributed by atoms with Gasteiger partial charge in [0.1, 0.15) is 96.6 Å². The molecule has 10 aromatic rings. The fraction of sp³-hybridized carbons (Fsp3) is 0.355. The molecular formula is C110H108F3N11O23. The van der Waals surface area contributed by atoms with Crippen molar-refractivity contribution in [3.8, 4) is 28.7 Å². The molecule has 1 aromatic heterocycles. The first kappa shape index (κ1) is 103. The van der Waals surface area contributed by atoms with Crippen molar-refractivity contribution in [2.45, 2.75) is 219 Å². The molecule has 9 aromatic carbocycles. The SMILES string of the molecule is CC(C)(C)OC(=O)N1Cc2ccc(COc3cccc4c3CN(C3CCC(=O)CC3=O)C4=O)cc2C1.O=C1CCC(N2C(=O)c3cccc(OCc4ccc(CN5CCOCC5)cc4)c3C2=O)C(=O)N1.O=C1CCC(N2Cc3c(OCc4ccc(COc5ccccc5)cc4)cccc3C2=O)C(=O)C1.O=C1CC[C@H](N2Cc3c(OCc4ccc(CN5CCn6nc(C(F)(F)F)nc6C5)cc4)cccc3C2=O)C(=O)C1.O=CO. The highest BCUT2D eigenvalue weighted by atomic mass is 19.4. The Labute approximate surface area is 843 Å². The second-order valence-corrected chi connectivity index (χ2v) is 38.4. The molecule has 0 bridgehead atoms. The van der Waals surface area contributed by atoms with Gasteiger partial charge >= 0.3 is 12.3 Å². The van der Waals surface area contributed by atoms with E-state index in [1.165, 1.54) is 10.2 Å². The summed E-state index contributed by atoms with van der Waals surface area (Å²) in [5.74, 6) is -1.35. The predicted octanol–water partition coefficient (Wildman–Crippen LogP) is 13.4. The Balaban J connectivity index is 0.000000133. The molecule has 2 N–H and O–H groups in total. The topological polar surface area (TPSA) is 406 Å². The second-order valence-electron chi connectivity index (χ2n) is 38.4. The number of carbonyl (C=O) groups excluding carboxylic acids is 14. The quantitative estimate of drug-likeness (QED) is 0.0341. The van der Waals surface area contributed by atoms with Crippen molar-refractivity contribution >= 4 is 88.6 Å². The van der Waals surface area contributed by atoms with E-state index in [4.69, 9.17) is 43.1 Å². The highest BCUT2D eigenvalue weighted by Gasteiger charge is 2.49. The molecule has 37 heteroatoms. The van der Waals surface area contributed by atoms with Crippen LogP contribution in [0, 0.1) is 0 Å². The number of ketones is 6. The van der Waals surface area contributed by atoms with E-state index in [1.807, 2.05) is 147 Å². The third-order valence-corrected chi connectivity index (χ3v) is 27.1. The number of hydrogen-bond acceptors (Lipinski definition) is 26. The zero-order valence-corrected chi connectivity index (χ0v) is 81.1. The maximum absolute atomic E-state index is 13.1. The van der Waals surface area contributed by atoms with E-state index in [-0.39, 0.29) is 135 Å². The van der Waals surface area contributed by atoms with Crippen LogP contribution in [0.1, 0.15) is 222 Å². The van der Waals surface area contributed by atoms with Gasteiger partial charge in [0, 0.05) is 105 Å². The van der Waals surface area contributed by atoms with Crippen LogP contribution < -0.4 is 29.0 Å². The molecule has 11 aliphatic rings. The number of nitrogens with zero attached hydrogens (tertiary/aromatic N) is 10. The summed E-state index contributed by atoms with van der Waals surface area (Å²) >= 11 is 0.